The molecule has 3 N–H and O–H groups in total. The zero-order valence-electron chi connectivity index (χ0n) is 10.9. The Hall–Kier alpha value is -1.52. The molecule has 1 aromatic heterocycles. The molecule has 0 saturated carbocycles. The molecular formula is C12H22N4O. The minimum atomic E-state index is -0.0275. The van der Waals surface area contributed by atoms with E-state index < -0.39 is 0 Å². The first-order chi connectivity index (χ1) is 8.06. The Bertz CT molecular complexity index is 359. The molecule has 0 aliphatic heterocycles. The largest absolute Gasteiger partial charge is 0.382 e. The van der Waals surface area contributed by atoms with Gasteiger partial charge in [0, 0.05) is 18.7 Å². The molecule has 0 bridgehead atoms. The van der Waals surface area contributed by atoms with Crippen molar-refractivity contribution in [1.82, 2.24) is 15.1 Å². The molecule has 0 spiro atoms. The zero-order chi connectivity index (χ0) is 12.8. The minimum absolute atomic E-state index is 0.0275. The van der Waals surface area contributed by atoms with Crippen LogP contribution in [0, 0.1) is 0 Å². The highest BCUT2D eigenvalue weighted by Gasteiger charge is 2.19. The van der Waals surface area contributed by atoms with Gasteiger partial charge in [-0.05, 0) is 20.3 Å². The molecule has 0 aliphatic rings. The SMILES string of the molecule is CCCCCN(C(=O)c1cc(N)n[nH]1)C(C)C. The third-order valence-electron chi connectivity index (χ3n) is 2.71. The third kappa shape index (κ3) is 3.76. The predicted molar refractivity (Wildman–Crippen MR) is 68.7 cm³/mol. The fourth-order valence-electron chi connectivity index (χ4n) is 1.73. The highest BCUT2D eigenvalue weighted by molar-refractivity contribution is 5.93. The summed E-state index contributed by atoms with van der Waals surface area (Å²) in [6.45, 7) is 6.97. The predicted octanol–water partition coefficient (Wildman–Crippen LogP) is 2.03. The number of aromatic nitrogens is 2. The number of aromatic amines is 1. The molecule has 1 aromatic rings. The van der Waals surface area contributed by atoms with Crippen LogP contribution in [0.4, 0.5) is 5.82 Å². The smallest absolute Gasteiger partial charge is 0.272 e. The van der Waals surface area contributed by atoms with E-state index in [2.05, 4.69) is 17.1 Å². The number of unbranched alkanes of at least 4 members (excludes halogenated alkanes) is 2. The van der Waals surface area contributed by atoms with Crippen molar-refractivity contribution in [3.05, 3.63) is 11.8 Å². The van der Waals surface area contributed by atoms with E-state index in [0.29, 0.717) is 11.5 Å². The number of hydrogen-bond acceptors (Lipinski definition) is 3. The molecule has 1 rings (SSSR count). The molecule has 5 nitrogen and oxygen atoms in total. The fourth-order valence-corrected chi connectivity index (χ4v) is 1.73. The van der Waals surface area contributed by atoms with Crippen molar-refractivity contribution in [2.45, 2.75) is 46.1 Å². The maximum absolute atomic E-state index is 12.2. The maximum atomic E-state index is 12.2. The van der Waals surface area contributed by atoms with E-state index in [1.165, 1.54) is 0 Å². The van der Waals surface area contributed by atoms with Crippen LogP contribution in [0.2, 0.25) is 0 Å². The van der Waals surface area contributed by atoms with Crippen LogP contribution in [0.1, 0.15) is 50.5 Å². The molecule has 96 valence electrons. The number of nitrogen functional groups attached to an aromatic ring is 1. The highest BCUT2D eigenvalue weighted by atomic mass is 16.2. The van der Waals surface area contributed by atoms with Gasteiger partial charge in [0.25, 0.3) is 5.91 Å². The summed E-state index contributed by atoms with van der Waals surface area (Å²) in [6, 6.07) is 1.77. The van der Waals surface area contributed by atoms with E-state index in [-0.39, 0.29) is 11.9 Å². The Balaban J connectivity index is 2.67. The number of nitrogens with one attached hydrogen (secondary N) is 1. The Morgan fingerprint density at radius 2 is 2.24 bits per heavy atom. The van der Waals surface area contributed by atoms with E-state index in [9.17, 15) is 4.79 Å². The lowest BCUT2D eigenvalue weighted by Crippen LogP contribution is -2.37. The van der Waals surface area contributed by atoms with Crippen molar-refractivity contribution in [3.63, 3.8) is 0 Å². The van der Waals surface area contributed by atoms with E-state index in [1.54, 1.807) is 6.07 Å². The third-order valence-corrected chi connectivity index (χ3v) is 2.71. The summed E-state index contributed by atoms with van der Waals surface area (Å²) in [5.41, 5.74) is 5.97. The maximum Gasteiger partial charge on any atom is 0.272 e. The van der Waals surface area contributed by atoms with Crippen molar-refractivity contribution in [2.75, 3.05) is 12.3 Å². The van der Waals surface area contributed by atoms with Crippen LogP contribution in [0.5, 0.6) is 0 Å². The number of anilines is 1. The number of hydrogen-bond donors (Lipinski definition) is 2. The van der Waals surface area contributed by atoms with E-state index in [1.807, 2.05) is 18.7 Å². The second-order valence-electron chi connectivity index (χ2n) is 4.51. The summed E-state index contributed by atoms with van der Waals surface area (Å²) in [7, 11) is 0. The molecule has 17 heavy (non-hydrogen) atoms. The van der Waals surface area contributed by atoms with Crippen molar-refractivity contribution >= 4 is 11.7 Å². The molecule has 1 amide bonds. The zero-order valence-corrected chi connectivity index (χ0v) is 10.9. The van der Waals surface area contributed by atoms with E-state index in [4.69, 9.17) is 5.73 Å². The molecular weight excluding hydrogens is 216 g/mol. The summed E-state index contributed by atoms with van der Waals surface area (Å²) in [5.74, 6) is 0.325. The van der Waals surface area contributed by atoms with Gasteiger partial charge < -0.3 is 10.6 Å². The molecule has 5 heteroatoms. The quantitative estimate of drug-likeness (QED) is 0.745. The summed E-state index contributed by atoms with van der Waals surface area (Å²) in [5, 5.41) is 6.45. The van der Waals surface area contributed by atoms with E-state index >= 15 is 0 Å². The first-order valence-electron chi connectivity index (χ1n) is 6.18. The first-order valence-corrected chi connectivity index (χ1v) is 6.18. The molecule has 0 aromatic carbocycles. The van der Waals surface area contributed by atoms with Gasteiger partial charge in [0.15, 0.2) is 0 Å². The monoisotopic (exact) mass is 238 g/mol. The Morgan fingerprint density at radius 3 is 2.71 bits per heavy atom. The molecule has 0 atom stereocenters. The van der Waals surface area contributed by atoms with E-state index in [0.717, 1.165) is 25.8 Å². The van der Waals surface area contributed by atoms with Crippen LogP contribution < -0.4 is 5.73 Å². The van der Waals surface area contributed by atoms with Crippen LogP contribution in [0.25, 0.3) is 0 Å². The van der Waals surface area contributed by atoms with Gasteiger partial charge >= 0.3 is 0 Å². The Morgan fingerprint density at radius 1 is 1.53 bits per heavy atom. The number of carbonyl (C=O) groups excluding carboxylic acids is 1. The summed E-state index contributed by atoms with van der Waals surface area (Å²) >= 11 is 0. The Labute approximate surface area is 102 Å². The lowest BCUT2D eigenvalue weighted by atomic mass is 10.2. The van der Waals surface area contributed by atoms with Gasteiger partial charge in [-0.3, -0.25) is 9.89 Å². The van der Waals surface area contributed by atoms with Crippen LogP contribution >= 0.6 is 0 Å². The van der Waals surface area contributed by atoms with Crippen LogP contribution in [-0.2, 0) is 0 Å². The van der Waals surface area contributed by atoms with Gasteiger partial charge in [-0.2, -0.15) is 5.10 Å². The van der Waals surface area contributed by atoms with Gasteiger partial charge in [-0.15, -0.1) is 0 Å². The average Bonchev–Trinajstić information content (AvgIpc) is 2.70. The van der Waals surface area contributed by atoms with Crippen LogP contribution in [-0.4, -0.2) is 33.6 Å². The van der Waals surface area contributed by atoms with Gasteiger partial charge in [-0.1, -0.05) is 19.8 Å². The highest BCUT2D eigenvalue weighted by Crippen LogP contribution is 2.10. The fraction of sp³-hybridized carbons (Fsp3) is 0.667. The summed E-state index contributed by atoms with van der Waals surface area (Å²) in [4.78, 5) is 14.0. The minimum Gasteiger partial charge on any atom is -0.382 e. The number of amides is 1. The second kappa shape index (κ2) is 6.27. The second-order valence-corrected chi connectivity index (χ2v) is 4.51. The lowest BCUT2D eigenvalue weighted by molar-refractivity contribution is 0.0696. The summed E-state index contributed by atoms with van der Waals surface area (Å²) in [6.07, 6.45) is 3.32. The number of rotatable bonds is 6. The van der Waals surface area contributed by atoms with Gasteiger partial charge in [0.2, 0.25) is 0 Å². The number of nitrogens with zero attached hydrogens (tertiary/aromatic N) is 2. The lowest BCUT2D eigenvalue weighted by Gasteiger charge is -2.26. The van der Waals surface area contributed by atoms with Crippen LogP contribution in [0.15, 0.2) is 6.07 Å². The topological polar surface area (TPSA) is 75.0 Å². The van der Waals surface area contributed by atoms with Crippen molar-refractivity contribution in [1.29, 1.82) is 0 Å². The summed E-state index contributed by atoms with van der Waals surface area (Å²) < 4.78 is 0. The number of nitrogens with two attached hydrogens (primary N) is 1. The molecule has 0 radical (unpaired) electrons. The Kier molecular flexibility index (Phi) is 5.00. The van der Waals surface area contributed by atoms with Gasteiger partial charge in [-0.25, -0.2) is 0 Å². The van der Waals surface area contributed by atoms with Crippen LogP contribution in [0.3, 0.4) is 0 Å². The average molecular weight is 238 g/mol. The normalized spacial score (nSPS) is 10.8. The van der Waals surface area contributed by atoms with Crippen molar-refractivity contribution in [3.8, 4) is 0 Å². The molecule has 0 saturated heterocycles. The number of carbonyl (C=O) groups is 1. The first kappa shape index (κ1) is 13.5. The molecule has 1 heterocycles. The molecule has 0 aliphatic carbocycles. The molecule has 0 unspecified atom stereocenters. The van der Waals surface area contributed by atoms with Gasteiger partial charge in [0.1, 0.15) is 11.5 Å². The van der Waals surface area contributed by atoms with Crippen molar-refractivity contribution in [2.24, 2.45) is 0 Å². The number of H-pyrrole nitrogens is 1. The standard InChI is InChI=1S/C12H22N4O/c1-4-5-6-7-16(9(2)3)12(17)10-8-11(13)15-14-10/h8-9H,4-7H2,1-3H3,(H3,13,14,15). The van der Waals surface area contributed by atoms with Crippen molar-refractivity contribution < 1.29 is 4.79 Å². The van der Waals surface area contributed by atoms with Gasteiger partial charge in [0.05, 0.1) is 0 Å². The molecule has 0 fully saturated rings.